The minimum atomic E-state index is -1.43. The molecule has 292 valence electrons. The van der Waals surface area contributed by atoms with E-state index in [0.29, 0.717) is 6.42 Å². The molecule has 7 atom stereocenters. The molecule has 1 aliphatic rings. The normalized spacial score (nSPS) is 22.3. The molecular formula is C41H82N2O6. The van der Waals surface area contributed by atoms with Gasteiger partial charge in [-0.15, -0.1) is 0 Å². The second kappa shape index (κ2) is 31.9. The topological polar surface area (TPSA) is 145 Å². The Bertz CT molecular complexity index is 741. The molecule has 0 bridgehead atoms. The van der Waals surface area contributed by atoms with Crippen molar-refractivity contribution in [3.63, 3.8) is 0 Å². The number of ether oxygens (including phenoxy) is 1. The van der Waals surface area contributed by atoms with Crippen LogP contribution >= 0.6 is 0 Å². The SMILES string of the molecule is CCCCCCCCCCCCCCCCCCCCCCCCCC(=O)N[C@H](CC1O[C@H](CO)[C@H](O)[C@H](O)[C@H]1O)[C@H](N)CCCCCC. The largest absolute Gasteiger partial charge is 0.394 e. The molecule has 0 aliphatic carbocycles. The van der Waals surface area contributed by atoms with Crippen molar-refractivity contribution in [2.45, 2.75) is 249 Å². The summed E-state index contributed by atoms with van der Waals surface area (Å²) < 4.78 is 5.73. The second-order valence-corrected chi connectivity index (χ2v) is 15.3. The van der Waals surface area contributed by atoms with E-state index in [0.717, 1.165) is 51.4 Å². The van der Waals surface area contributed by atoms with E-state index in [-0.39, 0.29) is 18.4 Å². The van der Waals surface area contributed by atoms with E-state index in [1.807, 2.05) is 0 Å². The van der Waals surface area contributed by atoms with Gasteiger partial charge in [-0.3, -0.25) is 4.79 Å². The monoisotopic (exact) mass is 699 g/mol. The molecule has 8 heteroatoms. The number of amides is 1. The van der Waals surface area contributed by atoms with Crippen LogP contribution in [0.1, 0.15) is 206 Å². The highest BCUT2D eigenvalue weighted by Crippen LogP contribution is 2.25. The van der Waals surface area contributed by atoms with Gasteiger partial charge in [-0.1, -0.05) is 181 Å². The van der Waals surface area contributed by atoms with Crippen LogP contribution in [0.15, 0.2) is 0 Å². The van der Waals surface area contributed by atoms with Gasteiger partial charge < -0.3 is 36.2 Å². The minimum absolute atomic E-state index is 0.0536. The highest BCUT2D eigenvalue weighted by Gasteiger charge is 2.44. The number of carbonyl (C=O) groups excluding carboxylic acids is 1. The molecule has 1 unspecified atom stereocenters. The third-order valence-electron chi connectivity index (χ3n) is 10.7. The van der Waals surface area contributed by atoms with Gasteiger partial charge in [0.2, 0.25) is 5.91 Å². The summed E-state index contributed by atoms with van der Waals surface area (Å²) in [6.45, 7) is 3.97. The van der Waals surface area contributed by atoms with Gasteiger partial charge in [0.1, 0.15) is 24.4 Å². The van der Waals surface area contributed by atoms with Gasteiger partial charge in [0.05, 0.1) is 12.7 Å². The third kappa shape index (κ3) is 23.4. The summed E-state index contributed by atoms with van der Waals surface area (Å²) in [4.78, 5) is 12.9. The standard InChI is InChI=1S/C41H82N2O6/c1-3-5-7-9-10-11-12-13-14-15-16-17-18-19-20-21-22-23-24-25-26-27-29-31-38(45)43-35(34(42)30-28-8-6-4-2)32-36-39(46)41(48)40(47)37(33-44)49-36/h34-37,39-41,44,46-48H,3-33,42H2,1-2H3,(H,43,45)/t34-,35-,36?,37-,39+,40+,41-/m1/s1. The molecule has 1 saturated heterocycles. The molecule has 0 aromatic carbocycles. The number of aliphatic hydroxyl groups excluding tert-OH is 4. The van der Waals surface area contributed by atoms with Gasteiger partial charge >= 0.3 is 0 Å². The Morgan fingerprint density at radius 3 is 1.35 bits per heavy atom. The first kappa shape index (κ1) is 46.3. The molecule has 8 nitrogen and oxygen atoms in total. The lowest BCUT2D eigenvalue weighted by atomic mass is 9.88. The number of unbranched alkanes of at least 4 members (excludes halogenated alkanes) is 25. The average Bonchev–Trinajstić information content (AvgIpc) is 3.10. The zero-order valence-electron chi connectivity index (χ0n) is 32.1. The first-order chi connectivity index (χ1) is 23.8. The number of aliphatic hydroxyl groups is 4. The summed E-state index contributed by atoms with van der Waals surface area (Å²) in [5.41, 5.74) is 6.54. The van der Waals surface area contributed by atoms with Gasteiger partial charge in [-0.25, -0.2) is 0 Å². The van der Waals surface area contributed by atoms with Crippen LogP contribution in [0.2, 0.25) is 0 Å². The number of hydrogen-bond acceptors (Lipinski definition) is 7. The van der Waals surface area contributed by atoms with Crippen LogP contribution in [-0.4, -0.2) is 75.5 Å². The Kier molecular flexibility index (Phi) is 30.1. The van der Waals surface area contributed by atoms with E-state index in [9.17, 15) is 25.2 Å². The molecule has 1 aliphatic heterocycles. The summed E-state index contributed by atoms with van der Waals surface area (Å²) in [5.74, 6) is -0.0536. The molecule has 0 saturated carbocycles. The van der Waals surface area contributed by atoms with E-state index in [2.05, 4.69) is 19.2 Å². The van der Waals surface area contributed by atoms with E-state index in [4.69, 9.17) is 10.5 Å². The van der Waals surface area contributed by atoms with E-state index >= 15 is 0 Å². The van der Waals surface area contributed by atoms with Crippen molar-refractivity contribution in [1.82, 2.24) is 5.32 Å². The fourth-order valence-corrected chi connectivity index (χ4v) is 7.32. The molecule has 0 aromatic rings. The predicted octanol–water partition coefficient (Wildman–Crippen LogP) is 8.38. The first-order valence-corrected chi connectivity index (χ1v) is 21.2. The van der Waals surface area contributed by atoms with Gasteiger partial charge in [0.25, 0.3) is 0 Å². The predicted molar refractivity (Wildman–Crippen MR) is 204 cm³/mol. The van der Waals surface area contributed by atoms with Gasteiger partial charge in [-0.2, -0.15) is 0 Å². The summed E-state index contributed by atoms with van der Waals surface area (Å²) in [7, 11) is 0. The van der Waals surface area contributed by atoms with Crippen LogP contribution in [0.4, 0.5) is 0 Å². The molecule has 0 radical (unpaired) electrons. The number of hydrogen-bond donors (Lipinski definition) is 6. The van der Waals surface area contributed by atoms with Gasteiger partial charge in [0.15, 0.2) is 0 Å². The first-order valence-electron chi connectivity index (χ1n) is 21.2. The Balaban J connectivity index is 2.11. The van der Waals surface area contributed by atoms with Crippen LogP contribution in [0.5, 0.6) is 0 Å². The lowest BCUT2D eigenvalue weighted by molar-refractivity contribution is -0.231. The third-order valence-corrected chi connectivity index (χ3v) is 10.7. The molecule has 1 rings (SSSR count). The van der Waals surface area contributed by atoms with E-state index in [1.54, 1.807) is 0 Å². The van der Waals surface area contributed by atoms with Crippen molar-refractivity contribution in [2.24, 2.45) is 5.73 Å². The van der Waals surface area contributed by atoms with Crippen LogP contribution in [0, 0.1) is 0 Å². The number of nitrogens with one attached hydrogen (secondary N) is 1. The Morgan fingerprint density at radius 2 is 0.939 bits per heavy atom. The quantitative estimate of drug-likeness (QED) is 0.0370. The van der Waals surface area contributed by atoms with Crippen molar-refractivity contribution in [3.8, 4) is 0 Å². The molecule has 0 spiro atoms. The molecule has 7 N–H and O–H groups in total. The van der Waals surface area contributed by atoms with Crippen molar-refractivity contribution >= 4 is 5.91 Å². The number of rotatable bonds is 34. The molecule has 49 heavy (non-hydrogen) atoms. The lowest BCUT2D eigenvalue weighted by Crippen LogP contribution is -2.60. The highest BCUT2D eigenvalue weighted by atomic mass is 16.5. The zero-order valence-corrected chi connectivity index (χ0v) is 32.1. The summed E-state index contributed by atoms with van der Waals surface area (Å²) in [6, 6.07) is -0.748. The van der Waals surface area contributed by atoms with E-state index < -0.39 is 43.2 Å². The lowest BCUT2D eigenvalue weighted by Gasteiger charge is -2.42. The number of nitrogens with two attached hydrogens (primary N) is 1. The maximum Gasteiger partial charge on any atom is 0.220 e. The van der Waals surface area contributed by atoms with Gasteiger partial charge in [-0.05, 0) is 19.3 Å². The van der Waals surface area contributed by atoms with Crippen molar-refractivity contribution in [1.29, 1.82) is 0 Å². The van der Waals surface area contributed by atoms with Crippen LogP contribution < -0.4 is 11.1 Å². The van der Waals surface area contributed by atoms with Crippen molar-refractivity contribution in [3.05, 3.63) is 0 Å². The van der Waals surface area contributed by atoms with Crippen molar-refractivity contribution in [2.75, 3.05) is 6.61 Å². The molecule has 0 aromatic heterocycles. The summed E-state index contributed by atoms with van der Waals surface area (Å²) in [6.07, 6.45) is 30.5. The van der Waals surface area contributed by atoms with Crippen LogP contribution in [0.25, 0.3) is 0 Å². The molecular weight excluding hydrogens is 616 g/mol. The Labute approximate surface area is 302 Å². The van der Waals surface area contributed by atoms with Gasteiger partial charge in [0, 0.05) is 18.5 Å². The van der Waals surface area contributed by atoms with Crippen LogP contribution in [-0.2, 0) is 9.53 Å². The molecule has 1 fully saturated rings. The average molecular weight is 699 g/mol. The highest BCUT2D eigenvalue weighted by molar-refractivity contribution is 5.76. The molecule has 1 amide bonds. The zero-order chi connectivity index (χ0) is 36.0. The smallest absolute Gasteiger partial charge is 0.220 e. The summed E-state index contributed by atoms with van der Waals surface area (Å²) >= 11 is 0. The van der Waals surface area contributed by atoms with Crippen molar-refractivity contribution < 1.29 is 30.0 Å². The minimum Gasteiger partial charge on any atom is -0.394 e. The van der Waals surface area contributed by atoms with Crippen LogP contribution in [0.3, 0.4) is 0 Å². The Hall–Kier alpha value is -0.770. The Morgan fingerprint density at radius 1 is 0.571 bits per heavy atom. The fraction of sp³-hybridized carbons (Fsp3) is 0.976. The van der Waals surface area contributed by atoms with E-state index in [1.165, 1.54) is 128 Å². The maximum atomic E-state index is 12.9. The fourth-order valence-electron chi connectivity index (χ4n) is 7.32. The molecule has 1 heterocycles. The number of carbonyl (C=O) groups is 1. The second-order valence-electron chi connectivity index (χ2n) is 15.3. The maximum absolute atomic E-state index is 12.9. The summed E-state index contributed by atoms with van der Waals surface area (Å²) in [5, 5.41) is 43.6.